The Morgan fingerprint density at radius 2 is 1.94 bits per heavy atom. The first kappa shape index (κ1) is 21.2. The zero-order valence-electron chi connectivity index (χ0n) is 16.3. The van der Waals surface area contributed by atoms with E-state index in [1.165, 1.54) is 12.1 Å². The molecule has 7 nitrogen and oxygen atoms in total. The fourth-order valence-corrected chi connectivity index (χ4v) is 3.56. The third-order valence-corrected chi connectivity index (χ3v) is 5.15. The minimum Gasteiger partial charge on any atom is -0.435 e. The van der Waals surface area contributed by atoms with Gasteiger partial charge in [-0.05, 0) is 29.7 Å². The van der Waals surface area contributed by atoms with E-state index in [1.54, 1.807) is 23.0 Å². The molecule has 2 atom stereocenters. The Balaban J connectivity index is 1.34. The molecule has 0 radical (unpaired) electrons. The number of benzene rings is 2. The van der Waals surface area contributed by atoms with Crippen LogP contribution in [-0.4, -0.2) is 28.3 Å². The molecule has 1 amide bonds. The second-order valence-corrected chi connectivity index (χ2v) is 7.48. The van der Waals surface area contributed by atoms with Crippen LogP contribution in [0.4, 0.5) is 14.6 Å². The minimum absolute atomic E-state index is 0.0831. The number of ether oxygens (including phenoxy) is 1. The van der Waals surface area contributed by atoms with Gasteiger partial charge < -0.3 is 10.1 Å². The average molecular weight is 448 g/mol. The lowest BCUT2D eigenvalue weighted by Gasteiger charge is -2.11. The van der Waals surface area contributed by atoms with Crippen LogP contribution >= 0.6 is 11.6 Å². The van der Waals surface area contributed by atoms with Crippen LogP contribution in [0.15, 0.2) is 60.8 Å². The molecule has 0 bridgehead atoms. The van der Waals surface area contributed by atoms with Gasteiger partial charge in [-0.15, -0.1) is 0 Å². The molecule has 1 fully saturated rings. The highest BCUT2D eigenvalue weighted by Gasteiger charge is 2.31. The number of amides is 1. The number of anilines is 1. The Labute approximate surface area is 182 Å². The van der Waals surface area contributed by atoms with E-state index in [0.717, 1.165) is 11.1 Å². The molecule has 0 spiro atoms. The van der Waals surface area contributed by atoms with Crippen molar-refractivity contribution in [3.05, 3.63) is 76.9 Å². The highest BCUT2D eigenvalue weighted by molar-refractivity contribution is 6.33. The van der Waals surface area contributed by atoms with Crippen molar-refractivity contribution in [1.82, 2.24) is 20.6 Å². The average Bonchev–Trinajstić information content (AvgIpc) is 3.36. The van der Waals surface area contributed by atoms with Crippen LogP contribution in [-0.2, 0) is 11.3 Å². The van der Waals surface area contributed by atoms with E-state index >= 15 is 0 Å². The lowest BCUT2D eigenvalue weighted by molar-refractivity contribution is -0.117. The van der Waals surface area contributed by atoms with Crippen LogP contribution in [0.5, 0.6) is 5.75 Å². The Morgan fingerprint density at radius 3 is 2.65 bits per heavy atom. The maximum atomic E-state index is 12.7. The summed E-state index contributed by atoms with van der Waals surface area (Å²) in [5.74, 6) is 0.0978. The molecule has 0 aliphatic carbocycles. The maximum Gasteiger partial charge on any atom is 0.387 e. The molecule has 1 aromatic heterocycles. The van der Waals surface area contributed by atoms with Gasteiger partial charge in [-0.2, -0.15) is 13.9 Å². The van der Waals surface area contributed by atoms with Crippen LogP contribution in [0.25, 0.3) is 0 Å². The van der Waals surface area contributed by atoms with Gasteiger partial charge in [-0.1, -0.05) is 54.1 Å². The smallest absolute Gasteiger partial charge is 0.387 e. The summed E-state index contributed by atoms with van der Waals surface area (Å²) in [5, 5.41) is 7.46. The summed E-state index contributed by atoms with van der Waals surface area (Å²) in [6.07, 6.45) is 2.12. The molecule has 1 aliphatic rings. The zero-order chi connectivity index (χ0) is 21.8. The number of hydrogen-bond donors (Lipinski definition) is 3. The molecular weight excluding hydrogens is 428 g/mol. The van der Waals surface area contributed by atoms with Crippen molar-refractivity contribution in [3.8, 4) is 5.75 Å². The molecular formula is C21H20ClF2N5O2. The summed E-state index contributed by atoms with van der Waals surface area (Å²) in [6, 6.07) is 15.4. The molecule has 31 heavy (non-hydrogen) atoms. The van der Waals surface area contributed by atoms with Crippen molar-refractivity contribution in [1.29, 1.82) is 0 Å². The molecule has 0 saturated carbocycles. The quantitative estimate of drug-likeness (QED) is 0.514. The fraction of sp³-hybridized carbons (Fsp3) is 0.238. The lowest BCUT2D eigenvalue weighted by atomic mass is 10.0. The first-order valence-corrected chi connectivity index (χ1v) is 9.99. The number of alkyl halides is 2. The number of hydrogen-bond acceptors (Lipinski definition) is 5. The van der Waals surface area contributed by atoms with E-state index in [9.17, 15) is 13.6 Å². The normalized spacial score (nSPS) is 18.3. The fourth-order valence-electron chi connectivity index (χ4n) is 3.37. The molecule has 1 aliphatic heterocycles. The Hall–Kier alpha value is -3.01. The van der Waals surface area contributed by atoms with Gasteiger partial charge in [0.1, 0.15) is 16.8 Å². The second kappa shape index (κ2) is 9.42. The maximum absolute atomic E-state index is 12.7. The van der Waals surface area contributed by atoms with E-state index in [1.807, 2.05) is 30.3 Å². The number of hydrazine groups is 1. The van der Waals surface area contributed by atoms with E-state index in [2.05, 4.69) is 26.0 Å². The van der Waals surface area contributed by atoms with Crippen LogP contribution in [0.1, 0.15) is 23.6 Å². The highest BCUT2D eigenvalue weighted by atomic mass is 35.5. The second-order valence-electron chi connectivity index (χ2n) is 7.08. The third kappa shape index (κ3) is 5.38. The monoisotopic (exact) mass is 447 g/mol. The number of aromatic nitrogens is 2. The Bertz CT molecular complexity index is 1030. The molecule has 10 heteroatoms. The molecule has 3 N–H and O–H groups in total. The number of nitrogens with one attached hydrogen (secondary N) is 3. The molecule has 2 unspecified atom stereocenters. The largest absolute Gasteiger partial charge is 0.435 e. The van der Waals surface area contributed by atoms with Gasteiger partial charge >= 0.3 is 6.61 Å². The van der Waals surface area contributed by atoms with Gasteiger partial charge in [0.2, 0.25) is 5.91 Å². The molecule has 162 valence electrons. The topological polar surface area (TPSA) is 80.2 Å². The van der Waals surface area contributed by atoms with Gasteiger partial charge in [0.05, 0.1) is 6.54 Å². The van der Waals surface area contributed by atoms with Gasteiger partial charge in [0.15, 0.2) is 5.82 Å². The first-order valence-electron chi connectivity index (χ1n) is 9.61. The third-order valence-electron chi connectivity index (χ3n) is 4.87. The number of nitrogens with zero attached hydrogens (tertiary/aromatic N) is 2. The van der Waals surface area contributed by atoms with Crippen molar-refractivity contribution < 1.29 is 18.3 Å². The van der Waals surface area contributed by atoms with Crippen molar-refractivity contribution in [2.45, 2.75) is 31.7 Å². The predicted molar refractivity (Wildman–Crippen MR) is 112 cm³/mol. The summed E-state index contributed by atoms with van der Waals surface area (Å²) < 4.78 is 30.6. The Morgan fingerprint density at radius 1 is 1.19 bits per heavy atom. The van der Waals surface area contributed by atoms with Crippen molar-refractivity contribution in [2.75, 3.05) is 5.32 Å². The van der Waals surface area contributed by atoms with Crippen molar-refractivity contribution >= 4 is 23.3 Å². The SMILES string of the molecule is O=C(Nc1nn(Cc2ccccc2)cc1Cl)C1CC(c2ccc(OC(F)F)cc2)NN1. The summed E-state index contributed by atoms with van der Waals surface area (Å²) in [6.45, 7) is -2.33. The molecule has 2 aromatic carbocycles. The number of carbonyl (C=O) groups excluding carboxylic acids is 1. The Kier molecular flexibility index (Phi) is 6.45. The lowest BCUT2D eigenvalue weighted by Crippen LogP contribution is -2.39. The summed E-state index contributed by atoms with van der Waals surface area (Å²) in [5.41, 5.74) is 7.90. The van der Waals surface area contributed by atoms with E-state index in [0.29, 0.717) is 23.8 Å². The summed E-state index contributed by atoms with van der Waals surface area (Å²) in [7, 11) is 0. The van der Waals surface area contributed by atoms with Gasteiger partial charge in [-0.25, -0.2) is 10.9 Å². The van der Waals surface area contributed by atoms with Gasteiger partial charge in [0, 0.05) is 12.2 Å². The summed E-state index contributed by atoms with van der Waals surface area (Å²) in [4.78, 5) is 12.7. The molecule has 4 rings (SSSR count). The number of carbonyl (C=O) groups is 1. The van der Waals surface area contributed by atoms with Crippen LogP contribution < -0.4 is 20.9 Å². The van der Waals surface area contributed by atoms with E-state index in [4.69, 9.17) is 11.6 Å². The predicted octanol–water partition coefficient (Wildman–Crippen LogP) is 3.73. The standard InChI is InChI=1S/C21H20ClF2N5O2/c22-16-12-29(11-13-4-2-1-3-5-13)28-19(16)25-20(30)18-10-17(26-27-18)14-6-8-15(9-7-14)31-21(23)24/h1-9,12,17-18,21,26-27H,10-11H2,(H,25,28,30). The number of rotatable bonds is 7. The van der Waals surface area contributed by atoms with E-state index < -0.39 is 12.7 Å². The van der Waals surface area contributed by atoms with Crippen LogP contribution in [0.2, 0.25) is 5.02 Å². The number of halogens is 3. The highest BCUT2D eigenvalue weighted by Crippen LogP contribution is 2.26. The molecule has 2 heterocycles. The molecule has 1 saturated heterocycles. The zero-order valence-corrected chi connectivity index (χ0v) is 17.0. The first-order chi connectivity index (χ1) is 15.0. The van der Waals surface area contributed by atoms with E-state index in [-0.39, 0.29) is 17.7 Å². The summed E-state index contributed by atoms with van der Waals surface area (Å²) >= 11 is 6.24. The van der Waals surface area contributed by atoms with Crippen molar-refractivity contribution in [2.24, 2.45) is 0 Å². The van der Waals surface area contributed by atoms with Gasteiger partial charge in [0.25, 0.3) is 0 Å². The molecule has 3 aromatic rings. The van der Waals surface area contributed by atoms with Crippen LogP contribution in [0, 0.1) is 0 Å². The van der Waals surface area contributed by atoms with Crippen molar-refractivity contribution in [3.63, 3.8) is 0 Å². The van der Waals surface area contributed by atoms with Crippen LogP contribution in [0.3, 0.4) is 0 Å². The van der Waals surface area contributed by atoms with Gasteiger partial charge in [-0.3, -0.25) is 9.48 Å². The minimum atomic E-state index is -2.87.